The van der Waals surface area contributed by atoms with Gasteiger partial charge in [-0.15, -0.1) is 0 Å². The van der Waals surface area contributed by atoms with Crippen LogP contribution in [0.3, 0.4) is 0 Å². The fourth-order valence-corrected chi connectivity index (χ4v) is 1.63. The van der Waals surface area contributed by atoms with Gasteiger partial charge in [-0.3, -0.25) is 0 Å². The first kappa shape index (κ1) is 9.09. The molecule has 1 heterocycles. The molecule has 1 aliphatic rings. The fourth-order valence-electron chi connectivity index (χ4n) is 1.15. The number of halogens is 3. The number of ether oxygens (including phenoxy) is 1. The Balaban J connectivity index is 2.27. The van der Waals surface area contributed by atoms with Gasteiger partial charge < -0.3 is 4.74 Å². The standard InChI is InChI=1S/C9H7BrF2O/c10-7-3-9(12)8(11)2-5(7)1-6-4-13-6/h2-3,6H,1,4H2. The summed E-state index contributed by atoms with van der Waals surface area (Å²) in [5.74, 6) is -1.63. The van der Waals surface area contributed by atoms with Crippen LogP contribution in [0.15, 0.2) is 16.6 Å². The van der Waals surface area contributed by atoms with Gasteiger partial charge >= 0.3 is 0 Å². The summed E-state index contributed by atoms with van der Waals surface area (Å²) in [5.41, 5.74) is 0.751. The molecule has 1 nitrogen and oxygen atoms in total. The number of benzene rings is 1. The van der Waals surface area contributed by atoms with E-state index in [0.29, 0.717) is 17.5 Å². The second kappa shape index (κ2) is 3.35. The molecule has 0 aromatic heterocycles. The van der Waals surface area contributed by atoms with Gasteiger partial charge in [0.25, 0.3) is 0 Å². The topological polar surface area (TPSA) is 12.5 Å². The molecule has 0 spiro atoms. The molecule has 0 bridgehead atoms. The SMILES string of the molecule is Fc1cc(Br)c(CC2CO2)cc1F. The van der Waals surface area contributed by atoms with E-state index in [2.05, 4.69) is 15.9 Å². The van der Waals surface area contributed by atoms with Crippen LogP contribution in [-0.4, -0.2) is 12.7 Å². The molecule has 1 aromatic carbocycles. The zero-order valence-corrected chi connectivity index (χ0v) is 8.27. The van der Waals surface area contributed by atoms with Gasteiger partial charge in [0.15, 0.2) is 11.6 Å². The summed E-state index contributed by atoms with van der Waals surface area (Å²) in [6, 6.07) is 2.36. The van der Waals surface area contributed by atoms with Gasteiger partial charge in [0, 0.05) is 10.9 Å². The van der Waals surface area contributed by atoms with Crippen molar-refractivity contribution in [2.75, 3.05) is 6.61 Å². The third-order valence-electron chi connectivity index (χ3n) is 1.94. The predicted molar refractivity (Wildman–Crippen MR) is 47.5 cm³/mol. The van der Waals surface area contributed by atoms with Gasteiger partial charge in [0.1, 0.15) is 0 Å². The minimum Gasteiger partial charge on any atom is -0.373 e. The average Bonchev–Trinajstić information content (AvgIpc) is 2.84. The summed E-state index contributed by atoms with van der Waals surface area (Å²) in [6.45, 7) is 0.714. The molecule has 1 unspecified atom stereocenters. The Bertz CT molecular complexity index is 337. The second-order valence-electron chi connectivity index (χ2n) is 3.02. The van der Waals surface area contributed by atoms with E-state index in [-0.39, 0.29) is 6.10 Å². The van der Waals surface area contributed by atoms with Crippen molar-refractivity contribution in [2.45, 2.75) is 12.5 Å². The van der Waals surface area contributed by atoms with Gasteiger partial charge in [0.05, 0.1) is 12.7 Å². The van der Waals surface area contributed by atoms with Crippen molar-refractivity contribution in [1.29, 1.82) is 0 Å². The van der Waals surface area contributed by atoms with Crippen molar-refractivity contribution >= 4 is 15.9 Å². The first-order valence-electron chi connectivity index (χ1n) is 3.92. The third-order valence-corrected chi connectivity index (χ3v) is 2.68. The van der Waals surface area contributed by atoms with Gasteiger partial charge in [-0.25, -0.2) is 8.78 Å². The van der Waals surface area contributed by atoms with Gasteiger partial charge in [-0.2, -0.15) is 0 Å². The lowest BCUT2D eigenvalue weighted by Crippen LogP contribution is -1.97. The van der Waals surface area contributed by atoms with Crippen LogP contribution in [0.1, 0.15) is 5.56 Å². The summed E-state index contributed by atoms with van der Waals surface area (Å²) in [4.78, 5) is 0. The van der Waals surface area contributed by atoms with Crippen LogP contribution in [0.2, 0.25) is 0 Å². The predicted octanol–water partition coefficient (Wildman–Crippen LogP) is 2.67. The minimum absolute atomic E-state index is 0.182. The lowest BCUT2D eigenvalue weighted by molar-refractivity contribution is 0.406. The van der Waals surface area contributed by atoms with E-state index < -0.39 is 11.6 Å². The Morgan fingerprint density at radius 3 is 2.62 bits per heavy atom. The summed E-state index contributed by atoms with van der Waals surface area (Å²) >= 11 is 3.18. The molecule has 70 valence electrons. The molecule has 1 fully saturated rings. The molecule has 13 heavy (non-hydrogen) atoms. The Kier molecular flexibility index (Phi) is 2.34. The average molecular weight is 249 g/mol. The Labute approximate surface area is 82.8 Å². The molecule has 0 N–H and O–H groups in total. The molecule has 1 aromatic rings. The second-order valence-corrected chi connectivity index (χ2v) is 3.87. The highest BCUT2D eigenvalue weighted by Gasteiger charge is 2.24. The van der Waals surface area contributed by atoms with Crippen LogP contribution in [0, 0.1) is 11.6 Å². The van der Waals surface area contributed by atoms with E-state index in [1.807, 2.05) is 0 Å². The largest absolute Gasteiger partial charge is 0.373 e. The maximum Gasteiger partial charge on any atom is 0.159 e. The highest BCUT2D eigenvalue weighted by atomic mass is 79.9. The molecule has 1 atom stereocenters. The van der Waals surface area contributed by atoms with Crippen LogP contribution < -0.4 is 0 Å². The number of hydrogen-bond acceptors (Lipinski definition) is 1. The van der Waals surface area contributed by atoms with E-state index in [4.69, 9.17) is 4.74 Å². The van der Waals surface area contributed by atoms with Crippen LogP contribution in [0.25, 0.3) is 0 Å². The molecule has 2 rings (SSSR count). The lowest BCUT2D eigenvalue weighted by atomic mass is 10.1. The van der Waals surface area contributed by atoms with Gasteiger partial charge in [-0.05, 0) is 17.7 Å². The maximum atomic E-state index is 12.8. The van der Waals surface area contributed by atoms with Crippen molar-refractivity contribution in [3.05, 3.63) is 33.8 Å². The van der Waals surface area contributed by atoms with E-state index in [9.17, 15) is 8.78 Å². The van der Waals surface area contributed by atoms with E-state index in [1.54, 1.807) is 0 Å². The van der Waals surface area contributed by atoms with Crippen LogP contribution >= 0.6 is 15.9 Å². The fraction of sp³-hybridized carbons (Fsp3) is 0.333. The quantitative estimate of drug-likeness (QED) is 0.579. The Hall–Kier alpha value is -0.480. The molecule has 4 heteroatoms. The third kappa shape index (κ3) is 2.06. The normalized spacial score (nSPS) is 20.4. The molecule has 1 aliphatic heterocycles. The van der Waals surface area contributed by atoms with Crippen molar-refractivity contribution in [3.8, 4) is 0 Å². The molecule has 0 radical (unpaired) electrons. The van der Waals surface area contributed by atoms with E-state index in [1.165, 1.54) is 6.07 Å². The summed E-state index contributed by atoms with van der Waals surface area (Å²) in [6.07, 6.45) is 0.818. The van der Waals surface area contributed by atoms with Crippen molar-refractivity contribution in [2.24, 2.45) is 0 Å². The van der Waals surface area contributed by atoms with Gasteiger partial charge in [-0.1, -0.05) is 15.9 Å². The van der Waals surface area contributed by atoms with Gasteiger partial charge in [0.2, 0.25) is 0 Å². The summed E-state index contributed by atoms with van der Waals surface area (Å²) < 4.78 is 31.1. The van der Waals surface area contributed by atoms with E-state index in [0.717, 1.165) is 11.6 Å². The molecule has 1 saturated heterocycles. The maximum absolute atomic E-state index is 12.8. The Morgan fingerprint density at radius 1 is 1.38 bits per heavy atom. The smallest absolute Gasteiger partial charge is 0.159 e. The highest BCUT2D eigenvalue weighted by molar-refractivity contribution is 9.10. The highest BCUT2D eigenvalue weighted by Crippen LogP contribution is 2.25. The van der Waals surface area contributed by atoms with Crippen LogP contribution in [0.5, 0.6) is 0 Å². The zero-order valence-electron chi connectivity index (χ0n) is 6.69. The van der Waals surface area contributed by atoms with E-state index >= 15 is 0 Å². The summed E-state index contributed by atoms with van der Waals surface area (Å²) in [7, 11) is 0. The van der Waals surface area contributed by atoms with Crippen molar-refractivity contribution in [3.63, 3.8) is 0 Å². The summed E-state index contributed by atoms with van der Waals surface area (Å²) in [5, 5.41) is 0. The molecular weight excluding hydrogens is 242 g/mol. The minimum atomic E-state index is -0.827. The molecule has 0 amide bonds. The molecular formula is C9H7BrF2O. The lowest BCUT2D eigenvalue weighted by Gasteiger charge is -2.02. The van der Waals surface area contributed by atoms with Crippen molar-refractivity contribution in [1.82, 2.24) is 0 Å². The molecule has 0 saturated carbocycles. The van der Waals surface area contributed by atoms with Crippen molar-refractivity contribution < 1.29 is 13.5 Å². The van der Waals surface area contributed by atoms with Crippen LogP contribution in [-0.2, 0) is 11.2 Å². The number of rotatable bonds is 2. The Morgan fingerprint density at radius 2 is 2.00 bits per heavy atom. The first-order valence-corrected chi connectivity index (χ1v) is 4.71. The first-order chi connectivity index (χ1) is 6.16. The zero-order chi connectivity index (χ0) is 9.42. The number of hydrogen-bond donors (Lipinski definition) is 0. The number of epoxide rings is 1. The monoisotopic (exact) mass is 248 g/mol. The molecule has 0 aliphatic carbocycles. The van der Waals surface area contributed by atoms with Crippen LogP contribution in [0.4, 0.5) is 8.78 Å².